The van der Waals surface area contributed by atoms with E-state index in [1.54, 1.807) is 11.9 Å². The number of hydrogen-bond acceptors (Lipinski definition) is 4. The molecule has 2 rings (SSSR count). The summed E-state index contributed by atoms with van der Waals surface area (Å²) >= 11 is 0. The summed E-state index contributed by atoms with van der Waals surface area (Å²) in [6.45, 7) is 3.66. The van der Waals surface area contributed by atoms with E-state index in [2.05, 4.69) is 5.32 Å². The zero-order valence-electron chi connectivity index (χ0n) is 8.41. The molecule has 0 aromatic carbocycles. The Hall–Kier alpha value is -0.650. The molecule has 5 nitrogen and oxygen atoms in total. The minimum atomic E-state index is -0.334. The summed E-state index contributed by atoms with van der Waals surface area (Å²) in [5.74, 6) is 0.0415. The van der Waals surface area contributed by atoms with E-state index in [1.165, 1.54) is 0 Å². The molecule has 0 aromatic rings. The molecule has 1 N–H and O–H groups in total. The van der Waals surface area contributed by atoms with Gasteiger partial charge in [-0.1, -0.05) is 0 Å². The van der Waals surface area contributed by atoms with Crippen molar-refractivity contribution in [2.24, 2.45) is 0 Å². The molecule has 1 spiro atoms. The Labute approximate surface area is 83.3 Å². The first-order valence-electron chi connectivity index (χ1n) is 4.88. The van der Waals surface area contributed by atoms with Crippen molar-refractivity contribution in [3.05, 3.63) is 0 Å². The second kappa shape index (κ2) is 3.84. The van der Waals surface area contributed by atoms with Crippen LogP contribution in [0.2, 0.25) is 0 Å². The Kier molecular flexibility index (Phi) is 2.71. The predicted octanol–water partition coefficient (Wildman–Crippen LogP) is -1.17. The lowest BCUT2D eigenvalue weighted by atomic mass is 10.0. The monoisotopic (exact) mass is 200 g/mol. The smallest absolute Gasteiger partial charge is 0.248 e. The fourth-order valence-electron chi connectivity index (χ4n) is 1.86. The fraction of sp³-hybridized carbons (Fsp3) is 0.889. The molecule has 0 unspecified atom stereocenters. The van der Waals surface area contributed by atoms with Crippen LogP contribution in [0.5, 0.6) is 0 Å². The molecule has 2 fully saturated rings. The summed E-state index contributed by atoms with van der Waals surface area (Å²) in [4.78, 5) is 13.0. The summed E-state index contributed by atoms with van der Waals surface area (Å²) < 4.78 is 11.0. The number of ether oxygens (including phenoxy) is 2. The molecule has 0 saturated carbocycles. The van der Waals surface area contributed by atoms with Crippen LogP contribution >= 0.6 is 0 Å². The average molecular weight is 200 g/mol. The van der Waals surface area contributed by atoms with Gasteiger partial charge in [-0.15, -0.1) is 0 Å². The Morgan fingerprint density at radius 1 is 1.57 bits per heavy atom. The maximum absolute atomic E-state index is 11.2. The Balaban J connectivity index is 2.03. The fourth-order valence-corrected chi connectivity index (χ4v) is 1.86. The molecule has 80 valence electrons. The van der Waals surface area contributed by atoms with Crippen molar-refractivity contribution >= 4 is 5.91 Å². The quantitative estimate of drug-likeness (QED) is 0.535. The van der Waals surface area contributed by atoms with E-state index in [4.69, 9.17) is 9.47 Å². The van der Waals surface area contributed by atoms with Crippen LogP contribution in [0.15, 0.2) is 0 Å². The highest BCUT2D eigenvalue weighted by molar-refractivity contribution is 5.78. The number of nitrogens with one attached hydrogen (secondary N) is 1. The van der Waals surface area contributed by atoms with Crippen molar-refractivity contribution < 1.29 is 14.3 Å². The zero-order chi connectivity index (χ0) is 10.0. The van der Waals surface area contributed by atoms with Crippen LogP contribution < -0.4 is 5.32 Å². The molecule has 2 aliphatic heterocycles. The summed E-state index contributed by atoms with van der Waals surface area (Å²) in [6, 6.07) is 0. The SMILES string of the molecule is CN1C[C@]2(CNCCOC2)OCC1=O. The van der Waals surface area contributed by atoms with E-state index in [1.807, 2.05) is 0 Å². The van der Waals surface area contributed by atoms with Crippen LogP contribution in [0.25, 0.3) is 0 Å². The highest BCUT2D eigenvalue weighted by Gasteiger charge is 2.39. The highest BCUT2D eigenvalue weighted by atomic mass is 16.5. The average Bonchev–Trinajstić information content (AvgIpc) is 2.39. The first kappa shape index (κ1) is 9.89. The third-order valence-corrected chi connectivity index (χ3v) is 2.69. The topological polar surface area (TPSA) is 50.8 Å². The third kappa shape index (κ3) is 1.89. The van der Waals surface area contributed by atoms with Gasteiger partial charge in [-0.2, -0.15) is 0 Å². The zero-order valence-corrected chi connectivity index (χ0v) is 8.41. The minimum Gasteiger partial charge on any atom is -0.377 e. The van der Waals surface area contributed by atoms with E-state index in [9.17, 15) is 4.79 Å². The number of nitrogens with zero attached hydrogens (tertiary/aromatic N) is 1. The molecule has 1 amide bonds. The van der Waals surface area contributed by atoms with Crippen molar-refractivity contribution in [2.75, 3.05) is 46.5 Å². The van der Waals surface area contributed by atoms with E-state index >= 15 is 0 Å². The number of carbonyl (C=O) groups excluding carboxylic acids is 1. The standard InChI is InChI=1S/C9H16N2O3/c1-11-6-9(14-4-8(11)12)5-10-2-3-13-7-9/h10H,2-7H2,1H3/t9-/m0/s1. The molecule has 5 heteroatoms. The van der Waals surface area contributed by atoms with Crippen LogP contribution in [0.4, 0.5) is 0 Å². The van der Waals surface area contributed by atoms with E-state index in [0.717, 1.165) is 13.1 Å². The molecule has 2 saturated heterocycles. The molecule has 0 aliphatic carbocycles. The first-order chi connectivity index (χ1) is 6.72. The van der Waals surface area contributed by atoms with Gasteiger partial charge < -0.3 is 19.7 Å². The molecular weight excluding hydrogens is 184 g/mol. The maximum Gasteiger partial charge on any atom is 0.248 e. The van der Waals surface area contributed by atoms with Crippen LogP contribution in [-0.2, 0) is 14.3 Å². The van der Waals surface area contributed by atoms with Gasteiger partial charge in [0.15, 0.2) is 0 Å². The largest absolute Gasteiger partial charge is 0.377 e. The molecule has 1 atom stereocenters. The van der Waals surface area contributed by atoms with Gasteiger partial charge in [0.2, 0.25) is 5.91 Å². The van der Waals surface area contributed by atoms with Gasteiger partial charge in [-0.3, -0.25) is 4.79 Å². The van der Waals surface area contributed by atoms with Gasteiger partial charge in [-0.05, 0) is 0 Å². The molecule has 14 heavy (non-hydrogen) atoms. The summed E-state index contributed by atoms with van der Waals surface area (Å²) in [5, 5.41) is 3.26. The van der Waals surface area contributed by atoms with Crippen LogP contribution in [0.3, 0.4) is 0 Å². The summed E-state index contributed by atoms with van der Waals surface area (Å²) in [6.07, 6.45) is 0. The Morgan fingerprint density at radius 3 is 3.21 bits per heavy atom. The molecule has 2 heterocycles. The molecule has 0 bridgehead atoms. The molecule has 0 aromatic heterocycles. The van der Waals surface area contributed by atoms with Crippen molar-refractivity contribution in [3.63, 3.8) is 0 Å². The maximum atomic E-state index is 11.2. The molecule has 0 radical (unpaired) electrons. The first-order valence-corrected chi connectivity index (χ1v) is 4.88. The lowest BCUT2D eigenvalue weighted by molar-refractivity contribution is -0.167. The van der Waals surface area contributed by atoms with Gasteiger partial charge in [0, 0.05) is 20.1 Å². The predicted molar refractivity (Wildman–Crippen MR) is 50.0 cm³/mol. The van der Waals surface area contributed by atoms with Gasteiger partial charge in [0.05, 0.1) is 19.8 Å². The Bertz CT molecular complexity index is 224. The Morgan fingerprint density at radius 2 is 2.43 bits per heavy atom. The number of hydrogen-bond donors (Lipinski definition) is 1. The van der Waals surface area contributed by atoms with Gasteiger partial charge >= 0.3 is 0 Å². The van der Waals surface area contributed by atoms with E-state index in [0.29, 0.717) is 19.8 Å². The van der Waals surface area contributed by atoms with Crippen molar-refractivity contribution in [1.29, 1.82) is 0 Å². The number of amides is 1. The van der Waals surface area contributed by atoms with Crippen LogP contribution in [0.1, 0.15) is 0 Å². The normalized spacial score (nSPS) is 34.6. The lowest BCUT2D eigenvalue weighted by Gasteiger charge is -2.39. The van der Waals surface area contributed by atoms with Gasteiger partial charge in [0.1, 0.15) is 12.2 Å². The number of rotatable bonds is 0. The van der Waals surface area contributed by atoms with E-state index in [-0.39, 0.29) is 18.1 Å². The lowest BCUT2D eigenvalue weighted by Crippen LogP contribution is -2.59. The third-order valence-electron chi connectivity index (χ3n) is 2.69. The number of carbonyl (C=O) groups is 1. The minimum absolute atomic E-state index is 0.0415. The molecule has 2 aliphatic rings. The summed E-state index contributed by atoms with van der Waals surface area (Å²) in [5.41, 5.74) is -0.334. The van der Waals surface area contributed by atoms with Gasteiger partial charge in [0.25, 0.3) is 0 Å². The molecular formula is C9H16N2O3. The van der Waals surface area contributed by atoms with Crippen LogP contribution in [-0.4, -0.2) is 62.9 Å². The van der Waals surface area contributed by atoms with Gasteiger partial charge in [-0.25, -0.2) is 0 Å². The number of likely N-dealkylation sites (N-methyl/N-ethyl adjacent to an activating group) is 1. The second-order valence-corrected chi connectivity index (χ2v) is 3.95. The second-order valence-electron chi connectivity index (χ2n) is 3.95. The highest BCUT2D eigenvalue weighted by Crippen LogP contribution is 2.18. The van der Waals surface area contributed by atoms with Crippen molar-refractivity contribution in [1.82, 2.24) is 10.2 Å². The van der Waals surface area contributed by atoms with Crippen molar-refractivity contribution in [3.8, 4) is 0 Å². The van der Waals surface area contributed by atoms with Crippen molar-refractivity contribution in [2.45, 2.75) is 5.60 Å². The van der Waals surface area contributed by atoms with Crippen LogP contribution in [0, 0.1) is 0 Å². The number of morpholine rings is 1. The summed E-state index contributed by atoms with van der Waals surface area (Å²) in [7, 11) is 1.80. The van der Waals surface area contributed by atoms with E-state index < -0.39 is 0 Å².